The Morgan fingerprint density at radius 3 is 2.10 bits per heavy atom. The maximum Gasteiger partial charge on any atom is 0.343 e. The van der Waals surface area contributed by atoms with Gasteiger partial charge in [0.15, 0.2) is 6.23 Å². The zero-order valence-electron chi connectivity index (χ0n) is 27.7. The van der Waals surface area contributed by atoms with Crippen LogP contribution in [-0.2, 0) is 0 Å². The Labute approximate surface area is 294 Å². The van der Waals surface area contributed by atoms with Gasteiger partial charge in [0.05, 0.1) is 11.3 Å². The third-order valence-electron chi connectivity index (χ3n) is 11.1. The van der Waals surface area contributed by atoms with Crippen molar-refractivity contribution in [1.82, 2.24) is 0 Å². The van der Waals surface area contributed by atoms with Crippen LogP contribution in [-0.4, -0.2) is 28.8 Å². The van der Waals surface area contributed by atoms with E-state index in [-0.39, 0.29) is 22.4 Å². The number of hydrogen-bond donors (Lipinski definition) is 1. The van der Waals surface area contributed by atoms with Gasteiger partial charge in [0.1, 0.15) is 5.75 Å². The minimum absolute atomic E-state index is 0.170. The number of ether oxygens (including phenoxy) is 1. The molecule has 8 nitrogen and oxygen atoms in total. The highest BCUT2D eigenvalue weighted by Crippen LogP contribution is 2.45. The Kier molecular flexibility index (Phi) is 7.44. The maximum absolute atomic E-state index is 14.1. The summed E-state index contributed by atoms with van der Waals surface area (Å²) in [7, 11) is 0. The number of esters is 1. The number of carbonyl (C=O) groups excluding carboxylic acids is 4. The largest absolute Gasteiger partial charge is 0.423 e. The van der Waals surface area contributed by atoms with Crippen LogP contribution < -0.4 is 14.5 Å². The highest BCUT2D eigenvalue weighted by atomic mass is 16.5. The monoisotopic (exact) mass is 674 g/mol. The summed E-state index contributed by atoms with van der Waals surface area (Å²) >= 11 is 0. The molecule has 2 atom stereocenters. The average Bonchev–Trinajstić information content (AvgIpc) is 3.88. The predicted octanol–water partition coefficient (Wildman–Crippen LogP) is 8.49. The lowest BCUT2D eigenvalue weighted by molar-refractivity contribution is 0.0732. The fourth-order valence-corrected chi connectivity index (χ4v) is 8.51. The van der Waals surface area contributed by atoms with Crippen LogP contribution in [0.5, 0.6) is 5.75 Å². The van der Waals surface area contributed by atoms with Gasteiger partial charge < -0.3 is 9.84 Å². The summed E-state index contributed by atoms with van der Waals surface area (Å²) in [6, 6.07) is 29.0. The molecule has 0 saturated heterocycles. The van der Waals surface area contributed by atoms with Crippen molar-refractivity contribution >= 4 is 51.4 Å². The van der Waals surface area contributed by atoms with E-state index < -0.39 is 29.9 Å². The highest BCUT2D eigenvalue weighted by molar-refractivity contribution is 6.37. The van der Waals surface area contributed by atoms with Crippen molar-refractivity contribution in [1.29, 1.82) is 0 Å². The topological polar surface area (TPSA) is 104 Å². The van der Waals surface area contributed by atoms with Crippen LogP contribution in [0.1, 0.15) is 97.3 Å². The molecule has 4 aliphatic rings. The number of carbonyl (C=O) groups is 4. The number of rotatable bonds is 6. The third kappa shape index (κ3) is 5.09. The van der Waals surface area contributed by atoms with Gasteiger partial charge in [-0.05, 0) is 96.5 Å². The molecule has 1 saturated carbocycles. The number of aliphatic hydroxyl groups is 1. The van der Waals surface area contributed by atoms with E-state index in [4.69, 9.17) is 4.74 Å². The molecule has 2 aliphatic heterocycles. The van der Waals surface area contributed by atoms with E-state index in [1.165, 1.54) is 42.2 Å². The number of amides is 3. The summed E-state index contributed by atoms with van der Waals surface area (Å²) in [5.74, 6) is -0.338. The number of anilines is 2. The van der Waals surface area contributed by atoms with Crippen LogP contribution in [0.25, 0.3) is 16.3 Å². The van der Waals surface area contributed by atoms with Gasteiger partial charge in [-0.25, -0.2) is 9.69 Å². The summed E-state index contributed by atoms with van der Waals surface area (Å²) in [5.41, 5.74) is 4.60. The minimum atomic E-state index is -1.33. The average molecular weight is 675 g/mol. The van der Waals surface area contributed by atoms with Gasteiger partial charge in [0, 0.05) is 38.7 Å². The second-order valence-corrected chi connectivity index (χ2v) is 13.9. The smallest absolute Gasteiger partial charge is 0.343 e. The van der Waals surface area contributed by atoms with E-state index in [0.717, 1.165) is 29.2 Å². The van der Waals surface area contributed by atoms with Crippen molar-refractivity contribution in [3.8, 4) is 5.75 Å². The summed E-state index contributed by atoms with van der Waals surface area (Å²) in [6.45, 7) is 0. The molecule has 0 radical (unpaired) electrons. The van der Waals surface area contributed by atoms with Gasteiger partial charge in [0.2, 0.25) is 0 Å². The zero-order chi connectivity index (χ0) is 34.8. The molecule has 51 heavy (non-hydrogen) atoms. The zero-order valence-corrected chi connectivity index (χ0v) is 27.7. The lowest BCUT2D eigenvalue weighted by Gasteiger charge is -2.36. The second-order valence-electron chi connectivity index (χ2n) is 13.9. The molecule has 9 rings (SSSR count). The molecule has 2 heterocycles. The fourth-order valence-electron chi connectivity index (χ4n) is 8.51. The lowest BCUT2D eigenvalue weighted by atomic mass is 9.85. The van der Waals surface area contributed by atoms with Crippen LogP contribution in [0.4, 0.5) is 11.4 Å². The molecule has 3 amide bonds. The van der Waals surface area contributed by atoms with Crippen molar-refractivity contribution < 1.29 is 29.0 Å². The Balaban J connectivity index is 1.00. The first-order valence-electron chi connectivity index (χ1n) is 17.5. The molecule has 0 aromatic heterocycles. The first kappa shape index (κ1) is 31.1. The SMILES string of the molecule is O=C(Oc1ccccc1)c1cccc(N2C(=O)c3ccc4c5c(ccc(c35)C2=O)C(O)N(c2ccc(C3=CCC(C5CCCC5)C3)cc2)C4=O)c1. The van der Waals surface area contributed by atoms with Crippen LogP contribution in [0, 0.1) is 11.8 Å². The molecule has 1 fully saturated rings. The molecule has 2 aliphatic carbocycles. The first-order valence-corrected chi connectivity index (χ1v) is 17.5. The van der Waals surface area contributed by atoms with Gasteiger partial charge in [-0.15, -0.1) is 0 Å². The molecule has 5 aromatic rings. The Hall–Kier alpha value is -5.86. The minimum Gasteiger partial charge on any atom is -0.423 e. The van der Waals surface area contributed by atoms with Gasteiger partial charge >= 0.3 is 5.97 Å². The quantitative estimate of drug-likeness (QED) is 0.110. The third-order valence-corrected chi connectivity index (χ3v) is 11.1. The van der Waals surface area contributed by atoms with E-state index in [9.17, 15) is 24.3 Å². The van der Waals surface area contributed by atoms with Crippen LogP contribution in [0.3, 0.4) is 0 Å². The molecule has 2 unspecified atom stereocenters. The van der Waals surface area contributed by atoms with Gasteiger partial charge in [-0.2, -0.15) is 0 Å². The fraction of sp³-hybridized carbons (Fsp3) is 0.209. The predicted molar refractivity (Wildman–Crippen MR) is 194 cm³/mol. The number of nitrogens with zero attached hydrogens (tertiary/aromatic N) is 2. The van der Waals surface area contributed by atoms with E-state index in [2.05, 4.69) is 6.08 Å². The first-order chi connectivity index (χ1) is 24.9. The van der Waals surface area contributed by atoms with Crippen LogP contribution in [0.15, 0.2) is 109 Å². The van der Waals surface area contributed by atoms with Crippen molar-refractivity contribution in [3.05, 3.63) is 143 Å². The Morgan fingerprint density at radius 2 is 1.37 bits per heavy atom. The normalized spacial score (nSPS) is 19.9. The number of para-hydroxylation sites is 1. The van der Waals surface area contributed by atoms with Crippen molar-refractivity contribution in [2.75, 3.05) is 9.80 Å². The molecule has 252 valence electrons. The Bertz CT molecular complexity index is 2280. The number of benzene rings is 5. The lowest BCUT2D eigenvalue weighted by Crippen LogP contribution is -2.42. The number of hydrogen-bond acceptors (Lipinski definition) is 6. The van der Waals surface area contributed by atoms with Crippen LogP contribution >= 0.6 is 0 Å². The summed E-state index contributed by atoms with van der Waals surface area (Å²) in [6.07, 6.45) is 8.57. The molecular formula is C43H34N2O6. The highest BCUT2D eigenvalue weighted by Gasteiger charge is 2.41. The van der Waals surface area contributed by atoms with E-state index in [1.807, 2.05) is 30.3 Å². The van der Waals surface area contributed by atoms with Gasteiger partial charge in [0.25, 0.3) is 17.7 Å². The van der Waals surface area contributed by atoms with E-state index >= 15 is 0 Å². The van der Waals surface area contributed by atoms with Crippen molar-refractivity contribution in [2.24, 2.45) is 11.8 Å². The number of aliphatic hydroxyl groups excluding tert-OH is 1. The van der Waals surface area contributed by atoms with Gasteiger partial charge in [-0.1, -0.05) is 74.2 Å². The maximum atomic E-state index is 14.1. The Morgan fingerprint density at radius 1 is 0.686 bits per heavy atom. The molecule has 5 aromatic carbocycles. The van der Waals surface area contributed by atoms with E-state index in [1.54, 1.807) is 66.7 Å². The van der Waals surface area contributed by atoms with E-state index in [0.29, 0.717) is 39.3 Å². The number of imide groups is 1. The molecule has 0 spiro atoms. The summed E-state index contributed by atoms with van der Waals surface area (Å²) in [5, 5.41) is 12.4. The summed E-state index contributed by atoms with van der Waals surface area (Å²) < 4.78 is 5.47. The van der Waals surface area contributed by atoms with Crippen molar-refractivity contribution in [2.45, 2.75) is 44.8 Å². The summed E-state index contributed by atoms with van der Waals surface area (Å²) in [4.78, 5) is 57.5. The van der Waals surface area contributed by atoms with Gasteiger partial charge in [-0.3, -0.25) is 19.3 Å². The molecule has 1 N–H and O–H groups in total. The molecular weight excluding hydrogens is 640 g/mol. The standard InChI is InChI=1S/C43H34N2O6/c46-39-33-19-21-35-38-36(42(49)45(41(35)48)31-10-6-9-29(24-31)43(50)51-32-11-2-1-3-12-32)22-20-34(37(33)38)40(47)44(39)30-17-15-26(16-18-30)28-14-13-27(23-28)25-7-4-5-8-25/h1-3,6,9-12,14-22,24-25,27,39,46H,4-5,7-8,13,23H2. The number of allylic oxidation sites excluding steroid dienone is 2. The van der Waals surface area contributed by atoms with Crippen LogP contribution in [0.2, 0.25) is 0 Å². The molecule has 8 heteroatoms. The second kappa shape index (κ2) is 12.2. The molecule has 0 bridgehead atoms. The van der Waals surface area contributed by atoms with Crippen molar-refractivity contribution in [3.63, 3.8) is 0 Å².